The van der Waals surface area contributed by atoms with Gasteiger partial charge in [-0.3, -0.25) is 4.79 Å². The molecule has 0 saturated heterocycles. The Hall–Kier alpha value is -3.00. The lowest BCUT2D eigenvalue weighted by Gasteiger charge is -2.11. The van der Waals surface area contributed by atoms with Gasteiger partial charge in [0.25, 0.3) is 0 Å². The highest BCUT2D eigenvalue weighted by Gasteiger charge is 2.27. The summed E-state index contributed by atoms with van der Waals surface area (Å²) in [6, 6.07) is 6.28. The van der Waals surface area contributed by atoms with Crippen LogP contribution in [0.2, 0.25) is 0 Å². The molecule has 156 valence electrons. The van der Waals surface area contributed by atoms with Gasteiger partial charge in [-0.15, -0.1) is 11.3 Å². The van der Waals surface area contributed by atoms with Crippen molar-refractivity contribution in [3.63, 3.8) is 0 Å². The number of aryl methyl sites for hydroxylation is 2. The van der Waals surface area contributed by atoms with Crippen LogP contribution < -0.4 is 5.32 Å². The van der Waals surface area contributed by atoms with Gasteiger partial charge in [-0.25, -0.2) is 14.2 Å². The zero-order valence-electron chi connectivity index (χ0n) is 16.5. The average Bonchev–Trinajstić information content (AvgIpc) is 3.36. The summed E-state index contributed by atoms with van der Waals surface area (Å²) < 4.78 is 24.4. The molecule has 4 rings (SSSR count). The average molecular weight is 428 g/mol. The van der Waals surface area contributed by atoms with Crippen LogP contribution in [0.3, 0.4) is 0 Å². The second-order valence-electron chi connectivity index (χ2n) is 7.05. The number of carbonyl (C=O) groups excluding carboxylic acids is 2. The Kier molecular flexibility index (Phi) is 5.94. The van der Waals surface area contributed by atoms with E-state index >= 15 is 0 Å². The molecule has 30 heavy (non-hydrogen) atoms. The predicted octanol–water partition coefficient (Wildman–Crippen LogP) is 4.78. The number of benzene rings is 1. The number of oxazole rings is 1. The molecule has 6 nitrogen and oxygen atoms in total. The second-order valence-corrected chi connectivity index (χ2v) is 8.16. The third-order valence-electron chi connectivity index (χ3n) is 5.07. The van der Waals surface area contributed by atoms with Crippen molar-refractivity contribution in [3.8, 4) is 11.3 Å². The number of halogens is 1. The van der Waals surface area contributed by atoms with Crippen LogP contribution in [0.4, 0.5) is 9.39 Å². The van der Waals surface area contributed by atoms with Gasteiger partial charge < -0.3 is 14.5 Å². The molecular weight excluding hydrogens is 407 g/mol. The summed E-state index contributed by atoms with van der Waals surface area (Å²) in [6.45, 7) is 0. The van der Waals surface area contributed by atoms with Crippen molar-refractivity contribution in [2.75, 3.05) is 12.4 Å². The van der Waals surface area contributed by atoms with Gasteiger partial charge in [-0.2, -0.15) is 0 Å². The normalized spacial score (nSPS) is 13.0. The molecule has 2 aromatic heterocycles. The van der Waals surface area contributed by atoms with Gasteiger partial charge in [-0.05, 0) is 43.4 Å². The number of aromatic nitrogens is 1. The zero-order valence-corrected chi connectivity index (χ0v) is 17.3. The molecule has 0 radical (unpaired) electrons. The van der Waals surface area contributed by atoms with E-state index in [1.807, 2.05) is 0 Å². The number of hydrogen-bond acceptors (Lipinski definition) is 6. The lowest BCUT2D eigenvalue weighted by atomic mass is 9.95. The molecule has 1 aliphatic rings. The number of amides is 1. The van der Waals surface area contributed by atoms with E-state index in [4.69, 9.17) is 9.15 Å². The Morgan fingerprint density at radius 2 is 2.07 bits per heavy atom. The Bertz CT molecular complexity index is 1090. The monoisotopic (exact) mass is 428 g/mol. The summed E-state index contributed by atoms with van der Waals surface area (Å²) >= 11 is 1.45. The SMILES string of the molecule is COC(=O)c1c(NC(=O)CCc2ncc(-c3ccccc3F)o2)sc2c1CCCC2. The first-order valence-electron chi connectivity index (χ1n) is 9.79. The molecule has 1 amide bonds. The number of methoxy groups -OCH3 is 1. The minimum atomic E-state index is -0.424. The maximum atomic E-state index is 13.9. The van der Waals surface area contributed by atoms with Gasteiger partial charge in [0.05, 0.1) is 24.4 Å². The number of nitrogens with zero attached hydrogens (tertiary/aromatic N) is 1. The third kappa shape index (κ3) is 4.14. The van der Waals surface area contributed by atoms with Crippen LogP contribution in [0, 0.1) is 5.82 Å². The zero-order chi connectivity index (χ0) is 21.1. The van der Waals surface area contributed by atoms with Gasteiger partial charge in [0.1, 0.15) is 10.8 Å². The minimum absolute atomic E-state index is 0.125. The fourth-order valence-electron chi connectivity index (χ4n) is 3.59. The largest absolute Gasteiger partial charge is 0.465 e. The van der Waals surface area contributed by atoms with Gasteiger partial charge in [0.15, 0.2) is 11.7 Å². The minimum Gasteiger partial charge on any atom is -0.465 e. The molecule has 8 heteroatoms. The first kappa shape index (κ1) is 20.3. The molecule has 3 aromatic rings. The Balaban J connectivity index is 1.43. The van der Waals surface area contributed by atoms with Crippen molar-refractivity contribution in [1.82, 2.24) is 4.98 Å². The predicted molar refractivity (Wildman–Crippen MR) is 111 cm³/mol. The molecule has 2 heterocycles. The van der Waals surface area contributed by atoms with Gasteiger partial charge >= 0.3 is 5.97 Å². The number of thiophene rings is 1. The lowest BCUT2D eigenvalue weighted by Crippen LogP contribution is -2.15. The van der Waals surface area contributed by atoms with Crippen LogP contribution >= 0.6 is 11.3 Å². The molecule has 0 spiro atoms. The number of ether oxygens (including phenoxy) is 1. The summed E-state index contributed by atoms with van der Waals surface area (Å²) in [7, 11) is 1.34. The standard InChI is InChI=1S/C22H21FN2O4S/c1-28-22(27)20-14-7-3-5-9-17(14)30-21(20)25-18(26)10-11-19-24-12-16(29-19)13-6-2-4-8-15(13)23/h2,4,6,8,12H,3,5,7,9-11H2,1H3,(H,25,26). The molecule has 1 aromatic carbocycles. The van der Waals surface area contributed by atoms with Crippen molar-refractivity contribution < 1.29 is 23.1 Å². The van der Waals surface area contributed by atoms with E-state index in [0.717, 1.165) is 36.1 Å². The van der Waals surface area contributed by atoms with Crippen molar-refractivity contribution in [2.45, 2.75) is 38.5 Å². The summed E-state index contributed by atoms with van der Waals surface area (Å²) in [5.41, 5.74) is 1.80. The maximum absolute atomic E-state index is 13.9. The van der Waals surface area contributed by atoms with Gasteiger partial charge in [0.2, 0.25) is 5.91 Å². The van der Waals surface area contributed by atoms with E-state index in [-0.39, 0.29) is 18.7 Å². The molecule has 0 atom stereocenters. The number of fused-ring (bicyclic) bond motifs is 1. The summed E-state index contributed by atoms with van der Waals surface area (Å²) in [6.07, 6.45) is 5.68. The molecule has 0 fully saturated rings. The Labute approximate surface area is 177 Å². The molecule has 0 bridgehead atoms. The molecule has 1 aliphatic carbocycles. The first-order chi connectivity index (χ1) is 14.6. The molecule has 0 saturated carbocycles. The molecule has 1 N–H and O–H groups in total. The fraction of sp³-hybridized carbons (Fsp3) is 0.318. The number of nitrogens with one attached hydrogen (secondary N) is 1. The smallest absolute Gasteiger partial charge is 0.341 e. The van der Waals surface area contributed by atoms with E-state index in [1.54, 1.807) is 18.2 Å². The van der Waals surface area contributed by atoms with Crippen LogP contribution in [0.1, 0.15) is 46.0 Å². The van der Waals surface area contributed by atoms with Crippen molar-refractivity contribution in [2.24, 2.45) is 0 Å². The van der Waals surface area contributed by atoms with Gasteiger partial charge in [-0.1, -0.05) is 12.1 Å². The van der Waals surface area contributed by atoms with Crippen molar-refractivity contribution in [3.05, 3.63) is 58.2 Å². The second kappa shape index (κ2) is 8.79. The van der Waals surface area contributed by atoms with E-state index in [0.29, 0.717) is 27.8 Å². The fourth-order valence-corrected chi connectivity index (χ4v) is 4.89. The lowest BCUT2D eigenvalue weighted by molar-refractivity contribution is -0.116. The van der Waals surface area contributed by atoms with E-state index in [2.05, 4.69) is 10.3 Å². The van der Waals surface area contributed by atoms with Crippen LogP contribution in [0.15, 0.2) is 34.9 Å². The van der Waals surface area contributed by atoms with Crippen LogP contribution in [-0.2, 0) is 28.8 Å². The number of carbonyl (C=O) groups is 2. The maximum Gasteiger partial charge on any atom is 0.341 e. The number of esters is 1. The number of rotatable bonds is 6. The molecular formula is C22H21FN2O4S. The summed E-state index contributed by atoms with van der Waals surface area (Å²) in [5, 5.41) is 3.39. The highest BCUT2D eigenvalue weighted by molar-refractivity contribution is 7.17. The quantitative estimate of drug-likeness (QED) is 0.572. The first-order valence-corrected chi connectivity index (χ1v) is 10.6. The van der Waals surface area contributed by atoms with E-state index in [9.17, 15) is 14.0 Å². The number of hydrogen-bond donors (Lipinski definition) is 1. The summed E-state index contributed by atoms with van der Waals surface area (Å²) in [5.74, 6) is -0.393. The highest BCUT2D eigenvalue weighted by Crippen LogP contribution is 2.38. The van der Waals surface area contributed by atoms with E-state index < -0.39 is 11.8 Å². The molecule has 0 unspecified atom stereocenters. The number of anilines is 1. The van der Waals surface area contributed by atoms with Crippen LogP contribution in [-0.4, -0.2) is 24.0 Å². The van der Waals surface area contributed by atoms with Gasteiger partial charge in [0, 0.05) is 17.7 Å². The van der Waals surface area contributed by atoms with E-state index in [1.165, 1.54) is 30.7 Å². The van der Waals surface area contributed by atoms with Crippen LogP contribution in [0.5, 0.6) is 0 Å². The van der Waals surface area contributed by atoms with Crippen LogP contribution in [0.25, 0.3) is 11.3 Å². The highest BCUT2D eigenvalue weighted by atomic mass is 32.1. The third-order valence-corrected chi connectivity index (χ3v) is 6.28. The van der Waals surface area contributed by atoms with Crippen molar-refractivity contribution >= 4 is 28.2 Å². The molecule has 0 aliphatic heterocycles. The van der Waals surface area contributed by atoms with Crippen molar-refractivity contribution in [1.29, 1.82) is 0 Å². The Morgan fingerprint density at radius 1 is 1.27 bits per heavy atom. The summed E-state index contributed by atoms with van der Waals surface area (Å²) in [4.78, 5) is 30.1. The Morgan fingerprint density at radius 3 is 2.87 bits per heavy atom. The topological polar surface area (TPSA) is 81.4 Å².